The lowest BCUT2D eigenvalue weighted by Crippen LogP contribution is -1.99. The molecular weight excluding hydrogens is 244 g/mol. The van der Waals surface area contributed by atoms with Crippen molar-refractivity contribution in [2.24, 2.45) is 5.73 Å². The minimum atomic E-state index is 0.503. The first-order valence-electron chi connectivity index (χ1n) is 6.08. The molecule has 0 atom stereocenters. The molecule has 1 aromatic heterocycles. The van der Waals surface area contributed by atoms with Gasteiger partial charge >= 0.3 is 0 Å². The smallest absolute Gasteiger partial charge is 0.122 e. The van der Waals surface area contributed by atoms with Crippen LogP contribution >= 0.6 is 11.3 Å². The van der Waals surface area contributed by atoms with Gasteiger partial charge in [0.25, 0.3) is 0 Å². The highest BCUT2D eigenvalue weighted by molar-refractivity contribution is 7.09. The molecule has 0 saturated heterocycles. The zero-order valence-corrected chi connectivity index (χ0v) is 11.6. The van der Waals surface area contributed by atoms with Gasteiger partial charge in [0, 0.05) is 23.9 Å². The highest BCUT2D eigenvalue weighted by Crippen LogP contribution is 2.24. The van der Waals surface area contributed by atoms with E-state index in [0.717, 1.165) is 22.9 Å². The van der Waals surface area contributed by atoms with Crippen molar-refractivity contribution in [3.8, 4) is 5.75 Å². The molecule has 2 N–H and O–H groups in total. The third kappa shape index (κ3) is 3.09. The van der Waals surface area contributed by atoms with E-state index in [1.807, 2.05) is 18.4 Å². The molecule has 0 amide bonds. The first-order valence-corrected chi connectivity index (χ1v) is 6.96. The zero-order chi connectivity index (χ0) is 13.0. The summed E-state index contributed by atoms with van der Waals surface area (Å²) in [7, 11) is 0. The maximum Gasteiger partial charge on any atom is 0.122 e. The van der Waals surface area contributed by atoms with E-state index in [0.29, 0.717) is 13.2 Å². The lowest BCUT2D eigenvalue weighted by Gasteiger charge is -2.09. The van der Waals surface area contributed by atoms with Crippen LogP contribution in [0.4, 0.5) is 0 Å². The van der Waals surface area contributed by atoms with E-state index in [1.165, 1.54) is 11.1 Å². The fraction of sp³-hybridized carbons (Fsp3) is 0.357. The van der Waals surface area contributed by atoms with E-state index in [1.54, 1.807) is 11.3 Å². The molecule has 18 heavy (non-hydrogen) atoms. The van der Waals surface area contributed by atoms with Gasteiger partial charge in [-0.3, -0.25) is 0 Å². The van der Waals surface area contributed by atoms with E-state index in [9.17, 15) is 0 Å². The van der Waals surface area contributed by atoms with Gasteiger partial charge in [0.15, 0.2) is 0 Å². The van der Waals surface area contributed by atoms with Crippen molar-refractivity contribution in [2.45, 2.75) is 26.8 Å². The molecule has 0 aliphatic carbocycles. The highest BCUT2D eigenvalue weighted by atomic mass is 32.1. The second-order valence-electron chi connectivity index (χ2n) is 4.16. The highest BCUT2D eigenvalue weighted by Gasteiger charge is 2.08. The predicted molar refractivity (Wildman–Crippen MR) is 75.2 cm³/mol. The van der Waals surface area contributed by atoms with Crippen molar-refractivity contribution in [3.63, 3.8) is 0 Å². The van der Waals surface area contributed by atoms with Crippen LogP contribution in [0, 0.1) is 6.92 Å². The SMILES string of the molecule is CCOc1ccc(C)cc1Cc1nc(CN)cs1. The third-order valence-electron chi connectivity index (χ3n) is 2.67. The van der Waals surface area contributed by atoms with Crippen LogP contribution in [0.1, 0.15) is 28.8 Å². The second-order valence-corrected chi connectivity index (χ2v) is 5.10. The van der Waals surface area contributed by atoms with E-state index >= 15 is 0 Å². The van der Waals surface area contributed by atoms with Gasteiger partial charge in [-0.15, -0.1) is 11.3 Å². The summed E-state index contributed by atoms with van der Waals surface area (Å²) in [5.74, 6) is 0.951. The minimum Gasteiger partial charge on any atom is -0.494 e. The predicted octanol–water partition coefficient (Wildman–Crippen LogP) is 2.90. The molecule has 2 rings (SSSR count). The number of aromatic nitrogens is 1. The normalized spacial score (nSPS) is 10.6. The number of hydrogen-bond donors (Lipinski definition) is 1. The Labute approximate surface area is 112 Å². The molecule has 0 saturated carbocycles. The van der Waals surface area contributed by atoms with Gasteiger partial charge in [0.05, 0.1) is 17.3 Å². The van der Waals surface area contributed by atoms with Crippen LogP contribution in [0.3, 0.4) is 0 Å². The summed E-state index contributed by atoms with van der Waals surface area (Å²) in [6, 6.07) is 6.27. The Morgan fingerprint density at radius 3 is 2.89 bits per heavy atom. The van der Waals surface area contributed by atoms with Crippen LogP contribution in [-0.2, 0) is 13.0 Å². The Hall–Kier alpha value is -1.39. The molecular formula is C14H18N2OS. The van der Waals surface area contributed by atoms with Crippen molar-refractivity contribution in [2.75, 3.05) is 6.61 Å². The minimum absolute atomic E-state index is 0.503. The molecule has 1 aromatic carbocycles. The summed E-state index contributed by atoms with van der Waals surface area (Å²) < 4.78 is 5.65. The van der Waals surface area contributed by atoms with E-state index in [4.69, 9.17) is 10.5 Å². The summed E-state index contributed by atoms with van der Waals surface area (Å²) in [6.45, 7) is 5.27. The largest absolute Gasteiger partial charge is 0.494 e. The van der Waals surface area contributed by atoms with Gasteiger partial charge in [-0.2, -0.15) is 0 Å². The van der Waals surface area contributed by atoms with Crippen LogP contribution in [-0.4, -0.2) is 11.6 Å². The summed E-state index contributed by atoms with van der Waals surface area (Å²) in [5, 5.41) is 3.10. The number of aryl methyl sites for hydroxylation is 1. The number of nitrogens with two attached hydrogens (primary N) is 1. The van der Waals surface area contributed by atoms with Crippen LogP contribution in [0.25, 0.3) is 0 Å². The fourth-order valence-corrected chi connectivity index (χ4v) is 2.66. The molecule has 1 heterocycles. The molecule has 0 bridgehead atoms. The van der Waals surface area contributed by atoms with E-state index < -0.39 is 0 Å². The van der Waals surface area contributed by atoms with Crippen LogP contribution < -0.4 is 10.5 Å². The molecule has 3 nitrogen and oxygen atoms in total. The Bertz CT molecular complexity index is 522. The second kappa shape index (κ2) is 5.98. The molecule has 96 valence electrons. The Morgan fingerprint density at radius 2 is 2.22 bits per heavy atom. The first-order chi connectivity index (χ1) is 8.72. The number of thiazole rings is 1. The lowest BCUT2D eigenvalue weighted by atomic mass is 10.1. The molecule has 0 spiro atoms. The van der Waals surface area contributed by atoms with Gasteiger partial charge in [0.1, 0.15) is 5.75 Å². The van der Waals surface area contributed by atoms with Crippen molar-refractivity contribution < 1.29 is 4.74 Å². The van der Waals surface area contributed by atoms with Crippen molar-refractivity contribution in [1.82, 2.24) is 4.98 Å². The van der Waals surface area contributed by atoms with E-state index in [2.05, 4.69) is 24.0 Å². The standard InChI is InChI=1S/C14H18N2OS/c1-3-17-13-5-4-10(2)6-11(13)7-14-16-12(8-15)9-18-14/h4-6,9H,3,7-8,15H2,1-2H3. The average molecular weight is 262 g/mol. The van der Waals surface area contributed by atoms with Gasteiger partial charge < -0.3 is 10.5 Å². The maximum atomic E-state index is 5.65. The Kier molecular flexibility index (Phi) is 4.33. The first kappa shape index (κ1) is 13.1. The van der Waals surface area contributed by atoms with Crippen LogP contribution in [0.5, 0.6) is 5.75 Å². The maximum absolute atomic E-state index is 5.65. The third-order valence-corrected chi connectivity index (χ3v) is 3.56. The molecule has 0 unspecified atom stereocenters. The van der Waals surface area contributed by atoms with Crippen molar-refractivity contribution in [1.29, 1.82) is 0 Å². The van der Waals surface area contributed by atoms with Crippen LogP contribution in [0.2, 0.25) is 0 Å². The number of nitrogens with zero attached hydrogens (tertiary/aromatic N) is 1. The van der Waals surface area contributed by atoms with Gasteiger partial charge in [-0.1, -0.05) is 17.7 Å². The summed E-state index contributed by atoms with van der Waals surface area (Å²) >= 11 is 1.65. The number of hydrogen-bond acceptors (Lipinski definition) is 4. The number of rotatable bonds is 5. The van der Waals surface area contributed by atoms with Gasteiger partial charge in [-0.05, 0) is 19.9 Å². The topological polar surface area (TPSA) is 48.1 Å². The number of benzene rings is 1. The van der Waals surface area contributed by atoms with Gasteiger partial charge in [-0.25, -0.2) is 4.98 Å². The molecule has 0 fully saturated rings. The summed E-state index contributed by atoms with van der Waals surface area (Å²) in [5.41, 5.74) is 8.97. The zero-order valence-electron chi connectivity index (χ0n) is 10.8. The monoisotopic (exact) mass is 262 g/mol. The quantitative estimate of drug-likeness (QED) is 0.901. The summed E-state index contributed by atoms with van der Waals surface area (Å²) in [4.78, 5) is 4.49. The van der Waals surface area contributed by atoms with Gasteiger partial charge in [0.2, 0.25) is 0 Å². The Balaban J connectivity index is 2.23. The van der Waals surface area contributed by atoms with Crippen molar-refractivity contribution in [3.05, 3.63) is 45.4 Å². The number of ether oxygens (including phenoxy) is 1. The molecule has 4 heteroatoms. The summed E-state index contributed by atoms with van der Waals surface area (Å²) in [6.07, 6.45) is 0.807. The Morgan fingerprint density at radius 1 is 1.39 bits per heavy atom. The van der Waals surface area contributed by atoms with Crippen LogP contribution in [0.15, 0.2) is 23.6 Å². The molecule has 0 aliphatic rings. The van der Waals surface area contributed by atoms with E-state index in [-0.39, 0.29) is 0 Å². The molecule has 0 aliphatic heterocycles. The van der Waals surface area contributed by atoms with Crippen molar-refractivity contribution >= 4 is 11.3 Å². The molecule has 0 radical (unpaired) electrons. The average Bonchev–Trinajstić information content (AvgIpc) is 2.80. The fourth-order valence-electron chi connectivity index (χ4n) is 1.83. The molecule has 2 aromatic rings. The lowest BCUT2D eigenvalue weighted by molar-refractivity contribution is 0.337.